The molecule has 1 aliphatic heterocycles. The molecular formula is C14H21N3O2. The maximum absolute atomic E-state index is 12.6. The minimum Gasteiger partial charge on any atom is -0.493 e. The molecule has 2 aliphatic rings. The van der Waals surface area contributed by atoms with Gasteiger partial charge in [-0.25, -0.2) is 0 Å². The molecule has 0 aromatic carbocycles. The zero-order valence-electron chi connectivity index (χ0n) is 11.6. The third-order valence-corrected chi connectivity index (χ3v) is 4.54. The largest absolute Gasteiger partial charge is 0.493 e. The first-order chi connectivity index (χ1) is 9.20. The average Bonchev–Trinajstić information content (AvgIpc) is 3.01. The van der Waals surface area contributed by atoms with Crippen LogP contribution < -0.4 is 10.1 Å². The van der Waals surface area contributed by atoms with E-state index in [1.54, 1.807) is 25.0 Å². The summed E-state index contributed by atoms with van der Waals surface area (Å²) in [5.41, 5.74) is 0.582. The molecule has 3 unspecified atom stereocenters. The van der Waals surface area contributed by atoms with Crippen LogP contribution in [0.15, 0.2) is 6.20 Å². The number of hydrogen-bond acceptors (Lipinski definition) is 4. The second-order valence-corrected chi connectivity index (χ2v) is 5.66. The quantitative estimate of drug-likeness (QED) is 0.840. The number of nitrogens with zero attached hydrogens (tertiary/aromatic N) is 2. The molecule has 1 aliphatic carbocycles. The Morgan fingerprint density at radius 1 is 1.47 bits per heavy atom. The zero-order chi connectivity index (χ0) is 13.4. The molecule has 1 saturated heterocycles. The third-order valence-electron chi connectivity index (χ3n) is 4.54. The summed E-state index contributed by atoms with van der Waals surface area (Å²) in [6, 6.07) is 0.458. The van der Waals surface area contributed by atoms with E-state index in [1.807, 2.05) is 0 Å². The van der Waals surface area contributed by atoms with Crippen LogP contribution in [-0.2, 0) is 7.05 Å². The van der Waals surface area contributed by atoms with Crippen molar-refractivity contribution in [2.75, 3.05) is 7.11 Å². The maximum atomic E-state index is 12.6. The van der Waals surface area contributed by atoms with Crippen LogP contribution in [0.3, 0.4) is 0 Å². The number of aromatic nitrogens is 2. The Bertz CT molecular complexity index is 469. The molecule has 5 nitrogen and oxygen atoms in total. The van der Waals surface area contributed by atoms with E-state index in [0.717, 1.165) is 6.42 Å². The van der Waals surface area contributed by atoms with Crippen LogP contribution in [-0.4, -0.2) is 34.8 Å². The molecule has 0 amide bonds. The lowest BCUT2D eigenvalue weighted by molar-refractivity contribution is 0.0936. The number of Topliss-reactive ketones (excluding diaryl/α,β-unsaturated/α-hetero) is 1. The Balaban J connectivity index is 1.79. The minimum atomic E-state index is -0.0719. The molecule has 1 aromatic rings. The summed E-state index contributed by atoms with van der Waals surface area (Å²) in [5.74, 6) is 1.36. The summed E-state index contributed by atoms with van der Waals surface area (Å²) < 4.78 is 6.85. The van der Waals surface area contributed by atoms with Crippen molar-refractivity contribution in [3.05, 3.63) is 11.9 Å². The highest BCUT2D eigenvalue weighted by Gasteiger charge is 2.39. The third kappa shape index (κ3) is 2.16. The van der Waals surface area contributed by atoms with E-state index in [-0.39, 0.29) is 11.8 Å². The summed E-state index contributed by atoms with van der Waals surface area (Å²) >= 11 is 0. The van der Waals surface area contributed by atoms with Gasteiger partial charge in [-0.1, -0.05) is 12.8 Å². The summed E-state index contributed by atoms with van der Waals surface area (Å²) in [4.78, 5) is 12.6. The van der Waals surface area contributed by atoms with Gasteiger partial charge in [0.1, 0.15) is 5.69 Å². The van der Waals surface area contributed by atoms with Gasteiger partial charge in [0.2, 0.25) is 5.78 Å². The lowest BCUT2D eigenvalue weighted by atomic mass is 9.84. The molecule has 0 bridgehead atoms. The molecule has 0 spiro atoms. The van der Waals surface area contributed by atoms with Crippen LogP contribution >= 0.6 is 0 Å². The number of fused-ring (bicyclic) bond motifs is 1. The van der Waals surface area contributed by atoms with Crippen molar-refractivity contribution in [1.82, 2.24) is 15.1 Å². The molecule has 1 aromatic heterocycles. The molecule has 3 rings (SSSR count). The Labute approximate surface area is 113 Å². The van der Waals surface area contributed by atoms with Crippen molar-refractivity contribution in [1.29, 1.82) is 0 Å². The Morgan fingerprint density at radius 3 is 3.00 bits per heavy atom. The van der Waals surface area contributed by atoms with Crippen LogP contribution in [0.5, 0.6) is 5.75 Å². The van der Waals surface area contributed by atoms with E-state index >= 15 is 0 Å². The van der Waals surface area contributed by atoms with Gasteiger partial charge in [0.05, 0.1) is 19.3 Å². The monoisotopic (exact) mass is 263 g/mol. The molecular weight excluding hydrogens is 242 g/mol. The number of methoxy groups -OCH3 is 1. The average molecular weight is 263 g/mol. The predicted molar refractivity (Wildman–Crippen MR) is 71.4 cm³/mol. The van der Waals surface area contributed by atoms with Crippen LogP contribution in [0.25, 0.3) is 0 Å². The number of ether oxygens (including phenoxy) is 1. The molecule has 3 atom stereocenters. The number of nitrogens with one attached hydrogen (secondary N) is 1. The number of ketones is 1. The number of aryl methyl sites for hydroxylation is 1. The fourth-order valence-electron chi connectivity index (χ4n) is 3.53. The van der Waals surface area contributed by atoms with Crippen LogP contribution in [0, 0.1) is 5.92 Å². The lowest BCUT2D eigenvalue weighted by Crippen LogP contribution is -2.37. The highest BCUT2D eigenvalue weighted by atomic mass is 16.5. The highest BCUT2D eigenvalue weighted by molar-refractivity contribution is 6.01. The Morgan fingerprint density at radius 2 is 2.26 bits per heavy atom. The van der Waals surface area contributed by atoms with Gasteiger partial charge in [0.15, 0.2) is 5.75 Å². The molecule has 104 valence electrons. The number of carbonyl (C=O) groups is 1. The van der Waals surface area contributed by atoms with Gasteiger partial charge in [-0.2, -0.15) is 5.10 Å². The van der Waals surface area contributed by atoms with Crippen molar-refractivity contribution in [2.45, 2.75) is 44.2 Å². The van der Waals surface area contributed by atoms with Gasteiger partial charge in [-0.05, 0) is 25.2 Å². The van der Waals surface area contributed by atoms with Crippen molar-refractivity contribution in [2.24, 2.45) is 13.0 Å². The first-order valence-electron chi connectivity index (χ1n) is 7.07. The Kier molecular flexibility index (Phi) is 3.31. The molecule has 0 radical (unpaired) electrons. The van der Waals surface area contributed by atoms with E-state index in [2.05, 4.69) is 10.4 Å². The van der Waals surface area contributed by atoms with Crippen molar-refractivity contribution < 1.29 is 9.53 Å². The minimum absolute atomic E-state index is 0.0719. The Hall–Kier alpha value is -1.36. The smallest absolute Gasteiger partial charge is 0.201 e. The second kappa shape index (κ2) is 4.96. The van der Waals surface area contributed by atoms with Crippen molar-refractivity contribution >= 4 is 5.78 Å². The zero-order valence-corrected chi connectivity index (χ0v) is 11.6. The molecule has 1 saturated carbocycles. The van der Waals surface area contributed by atoms with Gasteiger partial charge in [-0.15, -0.1) is 0 Å². The maximum Gasteiger partial charge on any atom is 0.201 e. The van der Waals surface area contributed by atoms with Gasteiger partial charge in [-0.3, -0.25) is 9.48 Å². The van der Waals surface area contributed by atoms with E-state index in [0.29, 0.717) is 23.4 Å². The summed E-state index contributed by atoms with van der Waals surface area (Å²) in [6.45, 7) is 0. The first kappa shape index (κ1) is 12.7. The molecule has 2 fully saturated rings. The van der Waals surface area contributed by atoms with Crippen LogP contribution in [0.2, 0.25) is 0 Å². The fourth-order valence-corrected chi connectivity index (χ4v) is 3.53. The van der Waals surface area contributed by atoms with E-state index in [4.69, 9.17) is 4.74 Å². The predicted octanol–water partition coefficient (Wildman–Crippen LogP) is 1.53. The molecule has 19 heavy (non-hydrogen) atoms. The van der Waals surface area contributed by atoms with Gasteiger partial charge in [0.25, 0.3) is 0 Å². The summed E-state index contributed by atoms with van der Waals surface area (Å²) in [5, 5.41) is 7.63. The van der Waals surface area contributed by atoms with E-state index in [1.165, 1.54) is 25.7 Å². The molecule has 5 heteroatoms. The highest BCUT2D eigenvalue weighted by Crippen LogP contribution is 2.34. The number of carbonyl (C=O) groups excluding carboxylic acids is 1. The van der Waals surface area contributed by atoms with E-state index in [9.17, 15) is 4.79 Å². The van der Waals surface area contributed by atoms with Gasteiger partial charge >= 0.3 is 0 Å². The second-order valence-electron chi connectivity index (χ2n) is 5.66. The summed E-state index contributed by atoms with van der Waals surface area (Å²) in [6.07, 6.45) is 7.61. The van der Waals surface area contributed by atoms with Crippen LogP contribution in [0.1, 0.15) is 42.6 Å². The molecule has 1 N–H and O–H groups in total. The summed E-state index contributed by atoms with van der Waals surface area (Å²) in [7, 11) is 3.37. The normalized spacial score (nSPS) is 30.1. The number of rotatable bonds is 3. The van der Waals surface area contributed by atoms with E-state index < -0.39 is 0 Å². The standard InChI is InChI=1S/C14H21N3O2/c1-17-13(12(19-2)8-15-17)14(18)11-7-9-5-3-4-6-10(9)16-11/h8-11,16H,3-7H2,1-2H3. The van der Waals surface area contributed by atoms with Gasteiger partial charge < -0.3 is 10.1 Å². The van der Waals surface area contributed by atoms with Crippen molar-refractivity contribution in [3.8, 4) is 5.75 Å². The first-order valence-corrected chi connectivity index (χ1v) is 7.07. The fraction of sp³-hybridized carbons (Fsp3) is 0.714. The number of hydrogen-bond donors (Lipinski definition) is 1. The lowest BCUT2D eigenvalue weighted by Gasteiger charge is -2.24. The topological polar surface area (TPSA) is 56.2 Å². The van der Waals surface area contributed by atoms with Gasteiger partial charge in [0, 0.05) is 13.1 Å². The van der Waals surface area contributed by atoms with Crippen LogP contribution in [0.4, 0.5) is 0 Å². The van der Waals surface area contributed by atoms with Crippen molar-refractivity contribution in [3.63, 3.8) is 0 Å². The molecule has 2 heterocycles. The SMILES string of the molecule is COc1cnn(C)c1C(=O)C1CC2CCCCC2N1.